The number of aliphatic hydroxyl groups is 1. The van der Waals surface area contributed by atoms with Gasteiger partial charge in [-0.3, -0.25) is 0 Å². The molecular formula is C13H15NO2. The molecule has 0 aliphatic heterocycles. The lowest BCUT2D eigenvalue weighted by atomic mass is 9.79. The molecule has 16 heavy (non-hydrogen) atoms. The van der Waals surface area contributed by atoms with Crippen LogP contribution in [0.2, 0.25) is 0 Å². The third kappa shape index (κ3) is 1.89. The molecule has 2 unspecified atom stereocenters. The molecule has 0 fully saturated rings. The second-order valence-corrected chi connectivity index (χ2v) is 4.14. The zero-order valence-corrected chi connectivity index (χ0v) is 9.31. The van der Waals surface area contributed by atoms with Gasteiger partial charge in [-0.2, -0.15) is 5.26 Å². The molecule has 0 saturated heterocycles. The number of nitrogens with zero attached hydrogens (tertiary/aromatic N) is 1. The zero-order chi connectivity index (χ0) is 11.5. The summed E-state index contributed by atoms with van der Waals surface area (Å²) in [5.74, 6) is 0.722. The molecule has 3 heteroatoms. The summed E-state index contributed by atoms with van der Waals surface area (Å²) in [5, 5.41) is 18.7. The smallest absolute Gasteiger partial charge is 0.119 e. The van der Waals surface area contributed by atoms with Gasteiger partial charge in [0.1, 0.15) is 5.75 Å². The summed E-state index contributed by atoms with van der Waals surface area (Å²) in [4.78, 5) is 0. The Hall–Kier alpha value is -1.53. The Kier molecular flexibility index (Phi) is 3.12. The minimum absolute atomic E-state index is 0.0659. The predicted octanol–water partition coefficient (Wildman–Crippen LogP) is 2.00. The van der Waals surface area contributed by atoms with E-state index in [1.165, 1.54) is 5.56 Å². The normalized spacial score (nSPS) is 23.3. The maximum absolute atomic E-state index is 9.92. The number of methoxy groups -OCH3 is 1. The fraction of sp³-hybridized carbons (Fsp3) is 0.462. The van der Waals surface area contributed by atoms with Crippen molar-refractivity contribution in [1.82, 2.24) is 0 Å². The minimum Gasteiger partial charge on any atom is -0.497 e. The van der Waals surface area contributed by atoms with Gasteiger partial charge in [0, 0.05) is 12.3 Å². The van der Waals surface area contributed by atoms with Crippen molar-refractivity contribution in [3.8, 4) is 11.8 Å². The SMILES string of the molecule is COc1ccc2c(c1)C(CC#N)C(O)CC2. The number of benzene rings is 1. The van der Waals surface area contributed by atoms with E-state index in [0.29, 0.717) is 6.42 Å². The largest absolute Gasteiger partial charge is 0.497 e. The highest BCUT2D eigenvalue weighted by Gasteiger charge is 2.28. The number of hydrogen-bond acceptors (Lipinski definition) is 3. The van der Waals surface area contributed by atoms with Crippen molar-refractivity contribution < 1.29 is 9.84 Å². The Morgan fingerprint density at radius 1 is 1.56 bits per heavy atom. The van der Waals surface area contributed by atoms with Gasteiger partial charge in [-0.25, -0.2) is 0 Å². The van der Waals surface area contributed by atoms with E-state index in [2.05, 4.69) is 6.07 Å². The molecule has 0 bridgehead atoms. The van der Waals surface area contributed by atoms with Gasteiger partial charge in [-0.1, -0.05) is 6.07 Å². The van der Waals surface area contributed by atoms with Crippen molar-refractivity contribution in [2.24, 2.45) is 0 Å². The lowest BCUT2D eigenvalue weighted by Gasteiger charge is -2.29. The Morgan fingerprint density at radius 2 is 2.38 bits per heavy atom. The van der Waals surface area contributed by atoms with E-state index in [1.807, 2.05) is 18.2 Å². The van der Waals surface area contributed by atoms with Crippen LogP contribution < -0.4 is 4.74 Å². The van der Waals surface area contributed by atoms with Crippen molar-refractivity contribution in [3.63, 3.8) is 0 Å². The molecule has 0 radical (unpaired) electrons. The van der Waals surface area contributed by atoms with Crippen LogP contribution in [0.1, 0.15) is 29.9 Å². The lowest BCUT2D eigenvalue weighted by Crippen LogP contribution is -2.25. The van der Waals surface area contributed by atoms with E-state index >= 15 is 0 Å². The molecule has 0 heterocycles. The number of aryl methyl sites for hydroxylation is 1. The number of rotatable bonds is 2. The standard InChI is InChI=1S/C13H15NO2/c1-16-10-4-2-9-3-5-13(15)11(6-7-14)12(9)8-10/h2,4,8,11,13,15H,3,5-6H2,1H3. The van der Waals surface area contributed by atoms with Crippen LogP contribution in [-0.4, -0.2) is 18.3 Å². The topological polar surface area (TPSA) is 53.2 Å². The fourth-order valence-electron chi connectivity index (χ4n) is 2.33. The van der Waals surface area contributed by atoms with Crippen LogP contribution in [-0.2, 0) is 6.42 Å². The first-order valence-corrected chi connectivity index (χ1v) is 5.48. The van der Waals surface area contributed by atoms with Crippen LogP contribution in [0.3, 0.4) is 0 Å². The van der Waals surface area contributed by atoms with Gasteiger partial charge in [0.2, 0.25) is 0 Å². The van der Waals surface area contributed by atoms with Crippen molar-refractivity contribution in [2.45, 2.75) is 31.3 Å². The van der Waals surface area contributed by atoms with E-state index in [-0.39, 0.29) is 5.92 Å². The van der Waals surface area contributed by atoms with Crippen molar-refractivity contribution in [3.05, 3.63) is 29.3 Å². The Bertz CT molecular complexity index is 422. The molecule has 0 saturated carbocycles. The molecule has 2 atom stereocenters. The first-order valence-electron chi connectivity index (χ1n) is 5.48. The van der Waals surface area contributed by atoms with Gasteiger partial charge in [-0.05, 0) is 36.1 Å². The third-order valence-corrected chi connectivity index (χ3v) is 3.24. The Balaban J connectivity index is 2.40. The van der Waals surface area contributed by atoms with Crippen molar-refractivity contribution in [1.29, 1.82) is 5.26 Å². The fourth-order valence-corrected chi connectivity index (χ4v) is 2.33. The number of fused-ring (bicyclic) bond motifs is 1. The Labute approximate surface area is 95.3 Å². The van der Waals surface area contributed by atoms with E-state index in [1.54, 1.807) is 7.11 Å². The number of nitriles is 1. The van der Waals surface area contributed by atoms with Crippen LogP contribution in [0.5, 0.6) is 5.75 Å². The molecule has 0 aromatic heterocycles. The van der Waals surface area contributed by atoms with Crippen molar-refractivity contribution in [2.75, 3.05) is 7.11 Å². The molecule has 3 nitrogen and oxygen atoms in total. The summed E-state index contributed by atoms with van der Waals surface area (Å²) in [6.45, 7) is 0. The molecule has 1 aromatic rings. The van der Waals surface area contributed by atoms with Crippen LogP contribution in [0.4, 0.5) is 0 Å². The first kappa shape index (κ1) is 11.0. The van der Waals surface area contributed by atoms with E-state index in [4.69, 9.17) is 10.00 Å². The summed E-state index contributed by atoms with van der Waals surface area (Å²) >= 11 is 0. The predicted molar refractivity (Wildman–Crippen MR) is 60.3 cm³/mol. The van der Waals surface area contributed by atoms with E-state index < -0.39 is 6.10 Å². The van der Waals surface area contributed by atoms with Gasteiger partial charge < -0.3 is 9.84 Å². The highest BCUT2D eigenvalue weighted by atomic mass is 16.5. The molecule has 84 valence electrons. The Morgan fingerprint density at radius 3 is 3.06 bits per heavy atom. The first-order chi connectivity index (χ1) is 7.76. The molecule has 1 aromatic carbocycles. The monoisotopic (exact) mass is 217 g/mol. The third-order valence-electron chi connectivity index (χ3n) is 3.24. The second-order valence-electron chi connectivity index (χ2n) is 4.14. The van der Waals surface area contributed by atoms with Gasteiger partial charge in [-0.15, -0.1) is 0 Å². The number of ether oxygens (including phenoxy) is 1. The van der Waals surface area contributed by atoms with Crippen LogP contribution >= 0.6 is 0 Å². The van der Waals surface area contributed by atoms with Gasteiger partial charge in [0.15, 0.2) is 0 Å². The van der Waals surface area contributed by atoms with E-state index in [9.17, 15) is 5.11 Å². The molecule has 2 rings (SSSR count). The number of hydrogen-bond donors (Lipinski definition) is 1. The maximum Gasteiger partial charge on any atom is 0.119 e. The lowest BCUT2D eigenvalue weighted by molar-refractivity contribution is 0.127. The molecular weight excluding hydrogens is 202 g/mol. The highest BCUT2D eigenvalue weighted by Crippen LogP contribution is 2.36. The highest BCUT2D eigenvalue weighted by molar-refractivity contribution is 5.40. The van der Waals surface area contributed by atoms with Gasteiger partial charge in [0.25, 0.3) is 0 Å². The van der Waals surface area contributed by atoms with Crippen LogP contribution in [0.25, 0.3) is 0 Å². The van der Waals surface area contributed by atoms with Gasteiger partial charge >= 0.3 is 0 Å². The molecule has 1 aliphatic carbocycles. The summed E-state index contributed by atoms with van der Waals surface area (Å²) in [5.41, 5.74) is 2.30. The summed E-state index contributed by atoms with van der Waals surface area (Å²) < 4.78 is 5.18. The molecule has 0 amide bonds. The average molecular weight is 217 g/mol. The van der Waals surface area contributed by atoms with Crippen molar-refractivity contribution >= 4 is 0 Å². The quantitative estimate of drug-likeness (QED) is 0.824. The molecule has 0 spiro atoms. The summed E-state index contributed by atoms with van der Waals surface area (Å²) in [6, 6.07) is 8.05. The maximum atomic E-state index is 9.92. The average Bonchev–Trinajstić information content (AvgIpc) is 2.32. The minimum atomic E-state index is -0.403. The van der Waals surface area contributed by atoms with Gasteiger partial charge in [0.05, 0.1) is 19.3 Å². The zero-order valence-electron chi connectivity index (χ0n) is 9.31. The summed E-state index contributed by atoms with van der Waals surface area (Å²) in [6.07, 6.45) is 1.58. The van der Waals surface area contributed by atoms with Crippen LogP contribution in [0, 0.1) is 11.3 Å². The van der Waals surface area contributed by atoms with Crippen LogP contribution in [0.15, 0.2) is 18.2 Å². The summed E-state index contributed by atoms with van der Waals surface area (Å²) in [7, 11) is 1.63. The molecule has 1 aliphatic rings. The second kappa shape index (κ2) is 4.54. The number of aliphatic hydroxyl groups excluding tert-OH is 1. The molecule has 1 N–H and O–H groups in total. The van der Waals surface area contributed by atoms with E-state index in [0.717, 1.165) is 24.2 Å².